The van der Waals surface area contributed by atoms with Gasteiger partial charge in [0.05, 0.1) is 20.3 Å². The van der Waals surface area contributed by atoms with Crippen molar-refractivity contribution in [3.8, 4) is 5.75 Å². The van der Waals surface area contributed by atoms with E-state index in [1.54, 1.807) is 53.3 Å². The lowest BCUT2D eigenvalue weighted by molar-refractivity contribution is -0.155. The third-order valence-electron chi connectivity index (χ3n) is 6.83. The minimum absolute atomic E-state index is 0.188. The van der Waals surface area contributed by atoms with Crippen LogP contribution in [0.4, 0.5) is 4.79 Å². The van der Waals surface area contributed by atoms with Crippen molar-refractivity contribution in [3.63, 3.8) is 0 Å². The van der Waals surface area contributed by atoms with Crippen LogP contribution in [0.5, 0.6) is 5.75 Å². The lowest BCUT2D eigenvalue weighted by atomic mass is 9.78. The van der Waals surface area contributed by atoms with Gasteiger partial charge in [-0.15, -0.1) is 0 Å². The monoisotopic (exact) mass is 540 g/mol. The fourth-order valence-electron chi connectivity index (χ4n) is 5.03. The van der Waals surface area contributed by atoms with E-state index in [1.807, 2.05) is 36.4 Å². The molecule has 8 heteroatoms. The Bertz CT molecular complexity index is 1230. The van der Waals surface area contributed by atoms with E-state index < -0.39 is 17.6 Å². The maximum Gasteiger partial charge on any atom is 0.339 e. The predicted molar refractivity (Wildman–Crippen MR) is 145 cm³/mol. The zero-order valence-corrected chi connectivity index (χ0v) is 22.6. The van der Waals surface area contributed by atoms with E-state index in [4.69, 9.17) is 32.7 Å². The Morgan fingerprint density at radius 1 is 0.919 bits per heavy atom. The zero-order chi connectivity index (χ0) is 26.6. The van der Waals surface area contributed by atoms with Gasteiger partial charge in [0.1, 0.15) is 5.75 Å². The summed E-state index contributed by atoms with van der Waals surface area (Å²) in [5.41, 5.74) is 0.775. The maximum atomic E-state index is 14.2. The van der Waals surface area contributed by atoms with Crippen molar-refractivity contribution in [1.29, 1.82) is 0 Å². The normalized spacial score (nSPS) is 19.3. The first-order valence-electron chi connectivity index (χ1n) is 12.2. The van der Waals surface area contributed by atoms with Gasteiger partial charge in [-0.1, -0.05) is 72.9 Å². The largest absolute Gasteiger partial charge is 0.497 e. The Balaban J connectivity index is 1.97. The Kier molecular flexibility index (Phi) is 8.30. The van der Waals surface area contributed by atoms with Gasteiger partial charge in [-0.3, -0.25) is 4.90 Å². The fraction of sp³-hybridized carbons (Fsp3) is 0.310. The van der Waals surface area contributed by atoms with E-state index in [1.165, 1.54) is 7.11 Å². The maximum absolute atomic E-state index is 14.2. The Morgan fingerprint density at radius 2 is 1.51 bits per heavy atom. The quantitative estimate of drug-likeness (QED) is 0.278. The molecule has 2 amide bonds. The molecule has 0 aliphatic carbocycles. The summed E-state index contributed by atoms with van der Waals surface area (Å²) in [7, 11) is 2.95. The number of urea groups is 1. The number of hydrogen-bond donors (Lipinski definition) is 0. The highest BCUT2D eigenvalue weighted by Crippen LogP contribution is 2.52. The second-order valence-electron chi connectivity index (χ2n) is 8.98. The van der Waals surface area contributed by atoms with Crippen LogP contribution in [0.3, 0.4) is 0 Å². The molecule has 0 unspecified atom stereocenters. The zero-order valence-electron chi connectivity index (χ0n) is 21.1. The summed E-state index contributed by atoms with van der Waals surface area (Å²) in [6.07, 6.45) is 1.67. The second-order valence-corrected chi connectivity index (χ2v) is 9.86. The van der Waals surface area contributed by atoms with Gasteiger partial charge in [-0.2, -0.15) is 0 Å². The number of hydrogen-bond acceptors (Lipinski definition) is 4. The number of carbonyl (C=O) groups excluding carboxylic acids is 2. The van der Waals surface area contributed by atoms with Crippen molar-refractivity contribution < 1.29 is 19.1 Å². The summed E-state index contributed by atoms with van der Waals surface area (Å²) < 4.78 is 10.8. The topological polar surface area (TPSA) is 59.1 Å². The molecule has 1 heterocycles. The van der Waals surface area contributed by atoms with Gasteiger partial charge < -0.3 is 14.4 Å². The number of esters is 1. The van der Waals surface area contributed by atoms with Crippen LogP contribution in [0, 0.1) is 0 Å². The van der Waals surface area contributed by atoms with Gasteiger partial charge in [0, 0.05) is 23.1 Å². The average molecular weight is 541 g/mol. The first-order valence-corrected chi connectivity index (χ1v) is 12.9. The number of ether oxygens (including phenoxy) is 2. The Hall–Kier alpha value is -3.22. The molecule has 1 aliphatic heterocycles. The lowest BCUT2D eigenvalue weighted by Crippen LogP contribution is -2.52. The predicted octanol–water partition coefficient (Wildman–Crippen LogP) is 6.85. The number of amides is 2. The fourth-order valence-corrected chi connectivity index (χ4v) is 5.28. The lowest BCUT2D eigenvalue weighted by Gasteiger charge is -2.39. The van der Waals surface area contributed by atoms with Crippen LogP contribution < -0.4 is 4.74 Å². The van der Waals surface area contributed by atoms with Crippen molar-refractivity contribution in [3.05, 3.63) is 99.5 Å². The van der Waals surface area contributed by atoms with Crippen molar-refractivity contribution in [1.82, 2.24) is 9.80 Å². The van der Waals surface area contributed by atoms with E-state index in [2.05, 4.69) is 6.92 Å². The van der Waals surface area contributed by atoms with E-state index >= 15 is 0 Å². The molecule has 0 bridgehead atoms. The van der Waals surface area contributed by atoms with Crippen LogP contribution in [0.15, 0.2) is 72.8 Å². The molecule has 0 radical (unpaired) electrons. The van der Waals surface area contributed by atoms with Crippen LogP contribution in [0.25, 0.3) is 0 Å². The van der Waals surface area contributed by atoms with Crippen LogP contribution in [-0.2, 0) is 21.6 Å². The first-order chi connectivity index (χ1) is 17.9. The second kappa shape index (κ2) is 11.4. The van der Waals surface area contributed by atoms with Gasteiger partial charge in [0.2, 0.25) is 0 Å². The van der Waals surface area contributed by atoms with Crippen LogP contribution >= 0.6 is 23.2 Å². The van der Waals surface area contributed by atoms with E-state index in [9.17, 15) is 9.59 Å². The molecule has 1 saturated heterocycles. The summed E-state index contributed by atoms with van der Waals surface area (Å²) in [6, 6.07) is 20.9. The number of halogens is 2. The van der Waals surface area contributed by atoms with Crippen molar-refractivity contribution in [2.24, 2.45) is 0 Å². The van der Waals surface area contributed by atoms with Crippen molar-refractivity contribution in [2.45, 2.75) is 37.9 Å². The molecule has 4 rings (SSSR count). The van der Waals surface area contributed by atoms with E-state index in [0.29, 0.717) is 27.9 Å². The molecule has 0 aromatic heterocycles. The molecule has 2 atom stereocenters. The first kappa shape index (κ1) is 26.8. The molecule has 1 aliphatic rings. The molecule has 3 aromatic rings. The van der Waals surface area contributed by atoms with Gasteiger partial charge in [0.15, 0.2) is 5.54 Å². The molecule has 3 aromatic carbocycles. The number of unbranched alkanes of at least 4 members (excludes halogenated alkanes) is 1. The molecular weight excluding hydrogens is 511 g/mol. The summed E-state index contributed by atoms with van der Waals surface area (Å²) in [5.74, 6) is 0.174. The third-order valence-corrected chi connectivity index (χ3v) is 7.33. The molecule has 0 saturated carbocycles. The van der Waals surface area contributed by atoms with E-state index in [0.717, 1.165) is 24.0 Å². The van der Waals surface area contributed by atoms with Gasteiger partial charge in [0.25, 0.3) is 0 Å². The number of rotatable bonds is 9. The SMILES string of the molecule is CCCCN1C(=O)N(Cc2ccc(OC)cc2)[C@@](C(=O)OC)(c2ccc(Cl)cc2)[C@H]1c1ccc(Cl)cc1. The molecule has 0 spiro atoms. The molecule has 6 nitrogen and oxygen atoms in total. The van der Waals surface area contributed by atoms with Gasteiger partial charge in [-0.25, -0.2) is 9.59 Å². The minimum atomic E-state index is -1.47. The van der Waals surface area contributed by atoms with Crippen LogP contribution in [0.2, 0.25) is 10.0 Å². The molecule has 0 N–H and O–H groups in total. The summed E-state index contributed by atoms with van der Waals surface area (Å²) in [5, 5.41) is 1.10. The van der Waals surface area contributed by atoms with Gasteiger partial charge >= 0.3 is 12.0 Å². The smallest absolute Gasteiger partial charge is 0.339 e. The highest BCUT2D eigenvalue weighted by atomic mass is 35.5. The standard InChI is InChI=1S/C29H30Cl2N2O4/c1-4-5-18-32-26(21-8-12-23(30)13-9-21)29(27(34)37-3,22-10-14-24(31)15-11-22)33(28(32)35)19-20-6-16-25(36-2)17-7-20/h6-17,26H,4-5,18-19H2,1-3H3/t26-,29+/m1/s1. The minimum Gasteiger partial charge on any atom is -0.497 e. The number of benzene rings is 3. The molecular formula is C29H30Cl2N2O4. The summed E-state index contributed by atoms with van der Waals surface area (Å²) in [6.45, 7) is 2.74. The summed E-state index contributed by atoms with van der Waals surface area (Å²) >= 11 is 12.5. The summed E-state index contributed by atoms with van der Waals surface area (Å²) in [4.78, 5) is 31.7. The highest BCUT2D eigenvalue weighted by molar-refractivity contribution is 6.30. The molecule has 194 valence electrons. The molecule has 1 fully saturated rings. The van der Waals surface area contributed by atoms with Crippen molar-refractivity contribution in [2.75, 3.05) is 20.8 Å². The Labute approximate surface area is 227 Å². The number of carbonyl (C=O) groups is 2. The van der Waals surface area contributed by atoms with Gasteiger partial charge in [-0.05, 0) is 59.5 Å². The Morgan fingerprint density at radius 3 is 2.05 bits per heavy atom. The highest BCUT2D eigenvalue weighted by Gasteiger charge is 2.64. The number of methoxy groups -OCH3 is 2. The third kappa shape index (κ3) is 5.00. The van der Waals surface area contributed by atoms with Crippen LogP contribution in [0.1, 0.15) is 42.5 Å². The van der Waals surface area contributed by atoms with E-state index in [-0.39, 0.29) is 12.6 Å². The number of nitrogens with zero attached hydrogens (tertiary/aromatic N) is 2. The van der Waals surface area contributed by atoms with Crippen molar-refractivity contribution >= 4 is 35.2 Å². The molecule has 37 heavy (non-hydrogen) atoms. The average Bonchev–Trinajstić information content (AvgIpc) is 3.16. The van der Waals surface area contributed by atoms with Crippen LogP contribution in [-0.4, -0.2) is 42.6 Å².